The maximum Gasteiger partial charge on any atom is 0.326 e. The van der Waals surface area contributed by atoms with E-state index in [1.54, 1.807) is 7.11 Å². The highest BCUT2D eigenvalue weighted by Crippen LogP contribution is 2.41. The first-order valence-electron chi connectivity index (χ1n) is 14.5. The summed E-state index contributed by atoms with van der Waals surface area (Å²) < 4.78 is 18.9. The van der Waals surface area contributed by atoms with Crippen molar-refractivity contribution in [3.63, 3.8) is 0 Å². The lowest BCUT2D eigenvalue weighted by Crippen LogP contribution is -2.56. The molecule has 9 nitrogen and oxygen atoms in total. The molecule has 0 atom stereocenters. The number of hydrogen-bond donors (Lipinski definition) is 2. The SMILES string of the molecule is CCc1nc(N2CC3(CCN(C(=O)C4CC(F)C4)CC3)N(Cc3cccc(OC)c3)C2=O)ccc1C1CNNC1. The number of benzene rings is 1. The fraction of sp³-hybridized carbons (Fsp3) is 0.567. The van der Waals surface area contributed by atoms with Gasteiger partial charge in [-0.05, 0) is 61.4 Å². The largest absolute Gasteiger partial charge is 0.497 e. The van der Waals surface area contributed by atoms with Crippen LogP contribution < -0.4 is 20.5 Å². The molecule has 6 rings (SSSR count). The molecule has 1 aromatic carbocycles. The summed E-state index contributed by atoms with van der Waals surface area (Å²) in [5.74, 6) is 1.65. The second-order valence-corrected chi connectivity index (χ2v) is 11.6. The molecule has 10 heteroatoms. The van der Waals surface area contributed by atoms with Gasteiger partial charge in [0.15, 0.2) is 0 Å². The average Bonchev–Trinajstić information content (AvgIpc) is 3.59. The van der Waals surface area contributed by atoms with Crippen LogP contribution in [-0.2, 0) is 17.8 Å². The number of anilines is 1. The third kappa shape index (κ3) is 4.92. The first-order valence-corrected chi connectivity index (χ1v) is 14.5. The second kappa shape index (κ2) is 11.0. The van der Waals surface area contributed by atoms with Crippen LogP contribution >= 0.6 is 0 Å². The number of likely N-dealkylation sites (tertiary alicyclic amines) is 1. The minimum absolute atomic E-state index is 0.0602. The number of nitrogens with zero attached hydrogens (tertiary/aromatic N) is 4. The van der Waals surface area contributed by atoms with Crippen molar-refractivity contribution in [3.8, 4) is 5.75 Å². The predicted octanol–water partition coefficient (Wildman–Crippen LogP) is 3.40. The minimum atomic E-state index is -0.849. The summed E-state index contributed by atoms with van der Waals surface area (Å²) >= 11 is 0. The molecule has 1 spiro atoms. The van der Waals surface area contributed by atoms with E-state index in [4.69, 9.17) is 9.72 Å². The van der Waals surface area contributed by atoms with E-state index in [2.05, 4.69) is 23.8 Å². The number of methoxy groups -OCH3 is 1. The van der Waals surface area contributed by atoms with Crippen LogP contribution in [0.5, 0.6) is 5.75 Å². The molecule has 3 saturated heterocycles. The number of carbonyl (C=O) groups excluding carboxylic acids is 2. The minimum Gasteiger partial charge on any atom is -0.497 e. The summed E-state index contributed by atoms with van der Waals surface area (Å²) in [5.41, 5.74) is 9.21. The Morgan fingerprint density at radius 2 is 1.90 bits per heavy atom. The van der Waals surface area contributed by atoms with Gasteiger partial charge < -0.3 is 14.5 Å². The maximum atomic E-state index is 14.1. The first-order chi connectivity index (χ1) is 19.4. The number of aryl methyl sites for hydroxylation is 1. The fourth-order valence-corrected chi connectivity index (χ4v) is 6.73. The highest BCUT2D eigenvalue weighted by Gasteiger charge is 2.52. The molecule has 2 aromatic rings. The zero-order valence-electron chi connectivity index (χ0n) is 23.4. The molecule has 4 heterocycles. The van der Waals surface area contributed by atoms with Crippen LogP contribution in [0.15, 0.2) is 36.4 Å². The first kappa shape index (κ1) is 27.0. The number of nitrogens with one attached hydrogen (secondary N) is 2. The van der Waals surface area contributed by atoms with Crippen molar-refractivity contribution in [2.24, 2.45) is 5.92 Å². The van der Waals surface area contributed by atoms with Gasteiger partial charge in [0, 0.05) is 50.3 Å². The molecule has 3 aliphatic heterocycles. The highest BCUT2D eigenvalue weighted by atomic mass is 19.1. The number of hydrazine groups is 1. The lowest BCUT2D eigenvalue weighted by Gasteiger charge is -2.45. The van der Waals surface area contributed by atoms with E-state index in [0.29, 0.717) is 63.6 Å². The van der Waals surface area contributed by atoms with Crippen LogP contribution in [0.4, 0.5) is 15.0 Å². The number of amides is 3. The number of ether oxygens (including phenoxy) is 1. The van der Waals surface area contributed by atoms with Gasteiger partial charge in [0.2, 0.25) is 5.91 Å². The molecule has 4 fully saturated rings. The van der Waals surface area contributed by atoms with Crippen molar-refractivity contribution < 1.29 is 18.7 Å². The van der Waals surface area contributed by atoms with Crippen molar-refractivity contribution in [2.75, 3.05) is 44.7 Å². The smallest absolute Gasteiger partial charge is 0.326 e. The maximum absolute atomic E-state index is 14.1. The molecule has 3 amide bonds. The molecular formula is C30H39FN6O3. The third-order valence-corrected chi connectivity index (χ3v) is 9.27. The number of aromatic nitrogens is 1. The van der Waals surface area contributed by atoms with E-state index < -0.39 is 11.7 Å². The summed E-state index contributed by atoms with van der Waals surface area (Å²) in [6, 6.07) is 11.9. The lowest BCUT2D eigenvalue weighted by atomic mass is 9.80. The van der Waals surface area contributed by atoms with E-state index in [1.165, 1.54) is 5.56 Å². The Labute approximate surface area is 235 Å². The standard InChI is InChI=1S/C30H39FN6O3/c1-3-26-25(22-16-32-33-17-22)7-8-27(34-26)36-19-30(9-11-35(12-10-30)28(38)21-14-23(31)15-21)37(29(36)39)18-20-5-4-6-24(13-20)40-2/h4-8,13,21-23,32-33H,3,9-12,14-19H2,1-2H3. The van der Waals surface area contributed by atoms with Crippen molar-refractivity contribution in [3.05, 3.63) is 53.2 Å². The molecule has 214 valence electrons. The summed E-state index contributed by atoms with van der Waals surface area (Å²) in [4.78, 5) is 37.8. The Balaban J connectivity index is 1.27. The van der Waals surface area contributed by atoms with Crippen molar-refractivity contribution in [2.45, 2.75) is 63.2 Å². The van der Waals surface area contributed by atoms with Crippen molar-refractivity contribution in [1.29, 1.82) is 0 Å². The molecule has 1 aliphatic carbocycles. The molecular weight excluding hydrogens is 511 g/mol. The number of hydrogen-bond acceptors (Lipinski definition) is 6. The molecule has 1 saturated carbocycles. The summed E-state index contributed by atoms with van der Waals surface area (Å²) in [7, 11) is 1.64. The normalized spacial score (nSPS) is 24.6. The van der Waals surface area contributed by atoms with Crippen LogP contribution in [0.2, 0.25) is 0 Å². The van der Waals surface area contributed by atoms with Crippen LogP contribution in [0.3, 0.4) is 0 Å². The zero-order chi connectivity index (χ0) is 27.9. The number of pyridine rings is 1. The Bertz CT molecular complexity index is 1250. The Kier molecular flexibility index (Phi) is 7.39. The number of alkyl halides is 1. The van der Waals surface area contributed by atoms with Crippen LogP contribution in [0.1, 0.15) is 55.3 Å². The molecule has 0 bridgehead atoms. The fourth-order valence-electron chi connectivity index (χ4n) is 6.73. The quantitative estimate of drug-likeness (QED) is 0.550. The highest BCUT2D eigenvalue weighted by molar-refractivity contribution is 5.94. The zero-order valence-corrected chi connectivity index (χ0v) is 23.4. The molecule has 0 radical (unpaired) electrons. The van der Waals surface area contributed by atoms with Gasteiger partial charge in [-0.3, -0.25) is 20.5 Å². The van der Waals surface area contributed by atoms with Crippen molar-refractivity contribution in [1.82, 2.24) is 25.6 Å². The number of piperidine rings is 1. The Hall–Kier alpha value is -3.24. The number of rotatable bonds is 7. The van der Waals surface area contributed by atoms with Crippen LogP contribution in [0, 0.1) is 5.92 Å². The van der Waals surface area contributed by atoms with E-state index in [9.17, 15) is 14.0 Å². The molecule has 0 unspecified atom stereocenters. The summed E-state index contributed by atoms with van der Waals surface area (Å²) in [6.07, 6.45) is 1.96. The number of carbonyl (C=O) groups is 2. The van der Waals surface area contributed by atoms with E-state index in [-0.39, 0.29) is 17.9 Å². The van der Waals surface area contributed by atoms with Gasteiger partial charge in [0.05, 0.1) is 19.2 Å². The van der Waals surface area contributed by atoms with Crippen LogP contribution in [0.25, 0.3) is 0 Å². The van der Waals surface area contributed by atoms with E-state index in [1.807, 2.05) is 45.0 Å². The third-order valence-electron chi connectivity index (χ3n) is 9.27. The monoisotopic (exact) mass is 550 g/mol. The summed E-state index contributed by atoms with van der Waals surface area (Å²) in [6.45, 7) is 5.92. The number of urea groups is 1. The average molecular weight is 551 g/mol. The Morgan fingerprint density at radius 3 is 2.58 bits per heavy atom. The summed E-state index contributed by atoms with van der Waals surface area (Å²) in [5, 5.41) is 0. The predicted molar refractivity (Wildman–Crippen MR) is 150 cm³/mol. The molecule has 1 aromatic heterocycles. The van der Waals surface area contributed by atoms with Gasteiger partial charge in [0.25, 0.3) is 0 Å². The Morgan fingerprint density at radius 1 is 1.15 bits per heavy atom. The van der Waals surface area contributed by atoms with Gasteiger partial charge in [-0.25, -0.2) is 14.2 Å². The van der Waals surface area contributed by atoms with Crippen LogP contribution in [-0.4, -0.2) is 78.3 Å². The van der Waals surface area contributed by atoms with Crippen molar-refractivity contribution >= 4 is 17.8 Å². The second-order valence-electron chi connectivity index (χ2n) is 11.6. The topological polar surface area (TPSA) is 90.0 Å². The van der Waals surface area contributed by atoms with Gasteiger partial charge in [-0.2, -0.15) is 0 Å². The number of halogens is 1. The molecule has 2 N–H and O–H groups in total. The molecule has 4 aliphatic rings. The van der Waals surface area contributed by atoms with Gasteiger partial charge in [-0.1, -0.05) is 25.1 Å². The van der Waals surface area contributed by atoms with E-state index in [0.717, 1.165) is 36.5 Å². The van der Waals surface area contributed by atoms with Gasteiger partial charge in [0.1, 0.15) is 17.7 Å². The van der Waals surface area contributed by atoms with Gasteiger partial charge in [-0.15, -0.1) is 0 Å². The van der Waals surface area contributed by atoms with Gasteiger partial charge >= 0.3 is 6.03 Å². The van der Waals surface area contributed by atoms with E-state index >= 15 is 0 Å². The molecule has 40 heavy (non-hydrogen) atoms. The lowest BCUT2D eigenvalue weighted by molar-refractivity contribution is -0.142.